The van der Waals surface area contributed by atoms with Crippen LogP contribution in [-0.2, 0) is 9.59 Å². The van der Waals surface area contributed by atoms with Crippen LogP contribution < -0.4 is 5.32 Å². The lowest BCUT2D eigenvalue weighted by atomic mass is 10.0. The monoisotopic (exact) mass is 313 g/mol. The Labute approximate surface area is 134 Å². The molecule has 0 unspecified atom stereocenters. The highest BCUT2D eigenvalue weighted by Gasteiger charge is 2.32. The van der Waals surface area contributed by atoms with Crippen LogP contribution in [0, 0.1) is 0 Å². The average molecular weight is 313 g/mol. The molecule has 1 saturated heterocycles. The summed E-state index contributed by atoms with van der Waals surface area (Å²) in [7, 11) is 0. The summed E-state index contributed by atoms with van der Waals surface area (Å²) in [5.41, 5.74) is 1.32. The van der Waals surface area contributed by atoms with Crippen LogP contribution >= 0.6 is 0 Å². The van der Waals surface area contributed by atoms with Gasteiger partial charge in [-0.1, -0.05) is 18.2 Å². The van der Waals surface area contributed by atoms with Gasteiger partial charge in [0.05, 0.1) is 5.52 Å². The van der Waals surface area contributed by atoms with Crippen molar-refractivity contribution >= 4 is 23.2 Å². The number of pyridine rings is 1. The van der Waals surface area contributed by atoms with E-state index < -0.39 is 12.1 Å². The number of carbonyl (C=O) groups excluding carboxylic acids is 2. The summed E-state index contributed by atoms with van der Waals surface area (Å²) in [6.45, 7) is 1.33. The largest absolute Gasteiger partial charge is 0.386 e. The molecule has 0 radical (unpaired) electrons. The zero-order valence-electron chi connectivity index (χ0n) is 12.7. The molecule has 1 aliphatic rings. The van der Waals surface area contributed by atoms with Gasteiger partial charge < -0.3 is 15.3 Å². The number of hydrogen-bond donors (Lipinski definition) is 2. The van der Waals surface area contributed by atoms with E-state index in [0.717, 1.165) is 23.7 Å². The number of fused-ring (bicyclic) bond motifs is 1. The number of aliphatic hydroxyl groups excluding tert-OH is 1. The van der Waals surface area contributed by atoms with Crippen LogP contribution in [0.1, 0.15) is 24.5 Å². The molecule has 120 valence electrons. The van der Waals surface area contributed by atoms with Gasteiger partial charge in [0.25, 0.3) is 0 Å². The zero-order chi connectivity index (χ0) is 16.2. The lowest BCUT2D eigenvalue weighted by Gasteiger charge is -2.26. The number of nitrogens with zero attached hydrogens (tertiary/aromatic N) is 2. The molecule has 1 fully saturated rings. The average Bonchev–Trinajstić information content (AvgIpc) is 3.12. The van der Waals surface area contributed by atoms with Crippen molar-refractivity contribution in [3.63, 3.8) is 0 Å². The summed E-state index contributed by atoms with van der Waals surface area (Å²) in [5.74, 6) is -0.254. The third-order valence-corrected chi connectivity index (χ3v) is 4.20. The first-order valence-electron chi connectivity index (χ1n) is 7.72. The highest BCUT2D eigenvalue weighted by molar-refractivity contribution is 5.85. The summed E-state index contributed by atoms with van der Waals surface area (Å²) < 4.78 is 0. The molecular weight excluding hydrogens is 294 g/mol. The minimum Gasteiger partial charge on any atom is -0.386 e. The number of likely N-dealkylation sites (tertiary alicyclic amines) is 1. The predicted octanol–water partition coefficient (Wildman–Crippen LogP) is 1.01. The molecule has 0 bridgehead atoms. The second kappa shape index (κ2) is 6.75. The third-order valence-electron chi connectivity index (χ3n) is 4.20. The third kappa shape index (κ3) is 3.17. The van der Waals surface area contributed by atoms with Gasteiger partial charge in [0.15, 0.2) is 0 Å². The molecule has 6 nitrogen and oxygen atoms in total. The summed E-state index contributed by atoms with van der Waals surface area (Å²) in [6, 6.07) is 8.35. The smallest absolute Gasteiger partial charge is 0.248 e. The first-order valence-corrected chi connectivity index (χ1v) is 7.72. The highest BCUT2D eigenvalue weighted by Crippen LogP contribution is 2.22. The summed E-state index contributed by atoms with van der Waals surface area (Å²) in [5, 5.41) is 13.9. The van der Waals surface area contributed by atoms with Crippen LogP contribution in [0.2, 0.25) is 0 Å². The van der Waals surface area contributed by atoms with Crippen molar-refractivity contribution in [3.05, 3.63) is 42.1 Å². The van der Waals surface area contributed by atoms with Crippen molar-refractivity contribution in [2.45, 2.75) is 25.0 Å². The molecule has 2 amide bonds. The van der Waals surface area contributed by atoms with Crippen LogP contribution in [0.3, 0.4) is 0 Å². The van der Waals surface area contributed by atoms with Crippen LogP contribution in [0.5, 0.6) is 0 Å². The second-order valence-corrected chi connectivity index (χ2v) is 5.70. The van der Waals surface area contributed by atoms with Gasteiger partial charge >= 0.3 is 0 Å². The predicted molar refractivity (Wildman–Crippen MR) is 85.5 cm³/mol. The van der Waals surface area contributed by atoms with Crippen LogP contribution in [0.4, 0.5) is 0 Å². The van der Waals surface area contributed by atoms with Crippen molar-refractivity contribution < 1.29 is 14.7 Å². The number of nitrogens with one attached hydrogen (secondary N) is 1. The van der Waals surface area contributed by atoms with Crippen molar-refractivity contribution in [1.82, 2.24) is 15.2 Å². The number of rotatable bonds is 5. The van der Waals surface area contributed by atoms with Gasteiger partial charge in [-0.25, -0.2) is 0 Å². The van der Waals surface area contributed by atoms with Gasteiger partial charge in [-0.3, -0.25) is 14.6 Å². The Hall–Kier alpha value is -2.47. The standard InChI is InChI=1S/C17H19N3O3/c21-11-19-15(17(23)20-7-3-4-8-20)16(22)13-9-12-5-1-2-6-14(12)18-10-13/h1-2,5-6,9-11,15-16,22H,3-4,7-8H2,(H,19,21)/t15-,16+/m1/s1. The Morgan fingerprint density at radius 1 is 1.30 bits per heavy atom. The number of aliphatic hydroxyl groups is 1. The maximum Gasteiger partial charge on any atom is 0.248 e. The molecule has 0 saturated carbocycles. The molecule has 0 aliphatic carbocycles. The van der Waals surface area contributed by atoms with Crippen LogP contribution in [0.15, 0.2) is 36.5 Å². The van der Waals surface area contributed by atoms with E-state index in [1.54, 1.807) is 17.2 Å². The van der Waals surface area contributed by atoms with Crippen molar-refractivity contribution in [2.75, 3.05) is 13.1 Å². The number of carbonyl (C=O) groups is 2. The lowest BCUT2D eigenvalue weighted by Crippen LogP contribution is -2.48. The summed E-state index contributed by atoms with van der Waals surface area (Å²) in [4.78, 5) is 29.4. The molecule has 2 N–H and O–H groups in total. The van der Waals surface area contributed by atoms with E-state index in [0.29, 0.717) is 25.1 Å². The van der Waals surface area contributed by atoms with E-state index in [1.165, 1.54) is 0 Å². The van der Waals surface area contributed by atoms with E-state index in [1.807, 2.05) is 24.3 Å². The molecule has 1 aromatic heterocycles. The van der Waals surface area contributed by atoms with Crippen molar-refractivity contribution in [2.24, 2.45) is 0 Å². The van der Waals surface area contributed by atoms with Gasteiger partial charge in [0.1, 0.15) is 12.1 Å². The summed E-state index contributed by atoms with van der Waals surface area (Å²) >= 11 is 0. The molecule has 23 heavy (non-hydrogen) atoms. The molecule has 2 atom stereocenters. The molecule has 0 spiro atoms. The maximum absolute atomic E-state index is 12.5. The van der Waals surface area contributed by atoms with E-state index in [4.69, 9.17) is 0 Å². The molecule has 1 aliphatic heterocycles. The highest BCUT2D eigenvalue weighted by atomic mass is 16.3. The molecule has 2 heterocycles. The van der Waals surface area contributed by atoms with Gasteiger partial charge in [0, 0.05) is 30.2 Å². The Morgan fingerprint density at radius 3 is 2.78 bits per heavy atom. The Kier molecular flexibility index (Phi) is 4.52. The number of amides is 2. The van der Waals surface area contributed by atoms with Gasteiger partial charge in [-0.2, -0.15) is 0 Å². The van der Waals surface area contributed by atoms with Gasteiger partial charge in [-0.15, -0.1) is 0 Å². The minimum absolute atomic E-state index is 0.254. The van der Waals surface area contributed by atoms with Crippen molar-refractivity contribution in [3.8, 4) is 0 Å². The second-order valence-electron chi connectivity index (χ2n) is 5.70. The minimum atomic E-state index is -1.13. The topological polar surface area (TPSA) is 82.5 Å². The fourth-order valence-corrected chi connectivity index (χ4v) is 2.95. The van der Waals surface area contributed by atoms with Crippen LogP contribution in [-0.4, -0.2) is 46.4 Å². The van der Waals surface area contributed by atoms with Gasteiger partial charge in [-0.05, 0) is 25.0 Å². The summed E-state index contributed by atoms with van der Waals surface area (Å²) in [6.07, 6.45) is 2.77. The van der Waals surface area contributed by atoms with Gasteiger partial charge in [0.2, 0.25) is 12.3 Å². The number of benzene rings is 1. The fourth-order valence-electron chi connectivity index (χ4n) is 2.95. The Morgan fingerprint density at radius 2 is 2.04 bits per heavy atom. The molecule has 1 aromatic carbocycles. The van der Waals surface area contributed by atoms with Crippen LogP contribution in [0.25, 0.3) is 10.9 Å². The first kappa shape index (κ1) is 15.4. The molecular formula is C17H19N3O3. The number of para-hydroxylation sites is 1. The van der Waals surface area contributed by atoms with E-state index in [2.05, 4.69) is 10.3 Å². The molecule has 3 rings (SSSR count). The SMILES string of the molecule is O=CN[C@@H](C(=O)N1CCCC1)[C@@H](O)c1cnc2ccccc2c1. The lowest BCUT2D eigenvalue weighted by molar-refractivity contribution is -0.137. The zero-order valence-corrected chi connectivity index (χ0v) is 12.7. The maximum atomic E-state index is 12.5. The van der Waals surface area contributed by atoms with E-state index >= 15 is 0 Å². The van der Waals surface area contributed by atoms with Crippen molar-refractivity contribution in [1.29, 1.82) is 0 Å². The Balaban J connectivity index is 1.87. The fraction of sp³-hybridized carbons (Fsp3) is 0.353. The van der Waals surface area contributed by atoms with E-state index in [9.17, 15) is 14.7 Å². The molecule has 2 aromatic rings. The normalized spacial score (nSPS) is 17.0. The Bertz CT molecular complexity index is 713. The number of aromatic nitrogens is 1. The quantitative estimate of drug-likeness (QED) is 0.807. The number of hydrogen-bond acceptors (Lipinski definition) is 4. The molecule has 6 heteroatoms. The first-order chi connectivity index (χ1) is 11.2. The van der Waals surface area contributed by atoms with E-state index in [-0.39, 0.29) is 5.91 Å².